The Morgan fingerprint density at radius 1 is 0.944 bits per heavy atom. The van der Waals surface area contributed by atoms with E-state index in [1.165, 1.54) is 76.5 Å². The van der Waals surface area contributed by atoms with Gasteiger partial charge in [0.05, 0.1) is 12.4 Å². The van der Waals surface area contributed by atoms with Gasteiger partial charge in [-0.3, -0.25) is 4.99 Å². The van der Waals surface area contributed by atoms with E-state index >= 15 is 0 Å². The maximum Gasteiger partial charge on any atom is 1.00 e. The van der Waals surface area contributed by atoms with Crippen molar-refractivity contribution < 1.29 is 31.0 Å². The Kier molecular flexibility index (Phi) is 14.3. The molecule has 102 valence electrons. The van der Waals surface area contributed by atoms with Gasteiger partial charge < -0.3 is 6.74 Å². The summed E-state index contributed by atoms with van der Waals surface area (Å²) in [5, 5.41) is 3.34. The molecule has 1 heterocycles. The fourth-order valence-corrected chi connectivity index (χ4v) is 2.39. The van der Waals surface area contributed by atoms with Crippen LogP contribution in [0.15, 0.2) is 4.99 Å². The predicted molar refractivity (Wildman–Crippen MR) is 77.9 cm³/mol. The van der Waals surface area contributed by atoms with Crippen molar-refractivity contribution >= 4 is 5.84 Å². The van der Waals surface area contributed by atoms with Crippen molar-refractivity contribution in [3.8, 4) is 0 Å². The topological polar surface area (TPSA) is 24.4 Å². The molecule has 0 aromatic carbocycles. The minimum atomic E-state index is 0. The summed E-state index contributed by atoms with van der Waals surface area (Å²) in [5.41, 5.74) is 0. The van der Waals surface area contributed by atoms with Crippen molar-refractivity contribution in [1.82, 2.24) is 5.32 Å². The van der Waals surface area contributed by atoms with Crippen molar-refractivity contribution in [3.05, 3.63) is 0 Å². The number of aliphatic imine (C=N–C) groups is 1. The molecule has 0 atom stereocenters. The van der Waals surface area contributed by atoms with Gasteiger partial charge in [0, 0.05) is 13.0 Å². The van der Waals surface area contributed by atoms with Gasteiger partial charge in [-0.25, -0.2) is 0 Å². The Bertz CT molecular complexity index is 210. The fraction of sp³-hybridized carbons (Fsp3) is 0.933. The third kappa shape index (κ3) is 10.4. The van der Waals surface area contributed by atoms with Crippen molar-refractivity contribution in [2.75, 3.05) is 13.1 Å². The molecule has 0 saturated carbocycles. The molecular weight excluding hydrogens is 231 g/mol. The van der Waals surface area contributed by atoms with Crippen LogP contribution in [0.25, 0.3) is 0 Å². The van der Waals surface area contributed by atoms with Gasteiger partial charge in [0.25, 0.3) is 0 Å². The quantitative estimate of drug-likeness (QED) is 0.442. The van der Waals surface area contributed by atoms with Crippen molar-refractivity contribution in [2.45, 2.75) is 77.6 Å². The summed E-state index contributed by atoms with van der Waals surface area (Å²) in [6.45, 7) is 4.34. The Balaban J connectivity index is 0. The number of amidine groups is 1. The Morgan fingerprint density at radius 3 is 2.00 bits per heavy atom. The van der Waals surface area contributed by atoms with E-state index in [0.29, 0.717) is 0 Å². The molecule has 1 N–H and O–H groups in total. The maximum atomic E-state index is 4.42. The van der Waals surface area contributed by atoms with Crippen LogP contribution >= 0.6 is 0 Å². The van der Waals surface area contributed by atoms with E-state index in [0.717, 1.165) is 13.1 Å². The van der Waals surface area contributed by atoms with E-state index in [-0.39, 0.29) is 31.0 Å². The van der Waals surface area contributed by atoms with E-state index in [1.807, 2.05) is 0 Å². The minimum Gasteiger partial charge on any atom is -1.00 e. The number of nitrogens with zero attached hydrogens (tertiary/aromatic N) is 1. The number of rotatable bonds is 11. The van der Waals surface area contributed by atoms with Crippen LogP contribution in [0.1, 0.15) is 79.0 Å². The van der Waals surface area contributed by atoms with Crippen LogP contribution in [0.2, 0.25) is 0 Å². The zero-order valence-corrected chi connectivity index (χ0v) is 14.6. The van der Waals surface area contributed by atoms with Crippen LogP contribution in [0.4, 0.5) is 0 Å². The monoisotopic (exact) mass is 262 g/mol. The summed E-state index contributed by atoms with van der Waals surface area (Å²) in [6.07, 6.45) is 15.3. The largest absolute Gasteiger partial charge is 1.00 e. The molecule has 0 saturated heterocycles. The molecule has 3 heteroatoms. The van der Waals surface area contributed by atoms with Gasteiger partial charge in [0.1, 0.15) is 0 Å². The molecule has 18 heavy (non-hydrogen) atoms. The van der Waals surface area contributed by atoms with Gasteiger partial charge in [-0.05, 0) is 6.42 Å². The number of hydrogen-bond donors (Lipinski definition) is 1. The second-order valence-corrected chi connectivity index (χ2v) is 5.19. The van der Waals surface area contributed by atoms with Gasteiger partial charge >= 0.3 is 29.6 Å². The van der Waals surface area contributed by atoms with Gasteiger partial charge in [0.15, 0.2) is 0 Å². The van der Waals surface area contributed by atoms with Crippen LogP contribution in [-0.4, -0.2) is 18.9 Å². The Hall–Kier alpha value is 0.470. The van der Waals surface area contributed by atoms with Crippen molar-refractivity contribution in [1.29, 1.82) is 0 Å². The van der Waals surface area contributed by atoms with Crippen LogP contribution in [-0.2, 0) is 0 Å². The SMILES string of the molecule is CCCCCCCCCCCCC1=NCCN1.[H-].[Na+]. The average Bonchev–Trinajstić information content (AvgIpc) is 2.85. The van der Waals surface area contributed by atoms with E-state index in [1.54, 1.807) is 0 Å². The summed E-state index contributed by atoms with van der Waals surface area (Å²) in [6, 6.07) is 0. The van der Waals surface area contributed by atoms with Gasteiger partial charge in [-0.1, -0.05) is 64.7 Å². The minimum absolute atomic E-state index is 0. The van der Waals surface area contributed by atoms with E-state index in [4.69, 9.17) is 0 Å². The molecule has 1 aliphatic rings. The molecule has 2 nitrogen and oxygen atoms in total. The number of hydrogen-bond acceptors (Lipinski definition) is 2. The summed E-state index contributed by atoms with van der Waals surface area (Å²) in [7, 11) is 0. The molecule has 0 unspecified atom stereocenters. The zero-order valence-electron chi connectivity index (χ0n) is 13.6. The summed E-state index contributed by atoms with van der Waals surface area (Å²) < 4.78 is 0. The van der Waals surface area contributed by atoms with Crippen molar-refractivity contribution in [2.24, 2.45) is 4.99 Å². The Labute approximate surface area is 137 Å². The molecule has 0 bridgehead atoms. The second-order valence-electron chi connectivity index (χ2n) is 5.19. The summed E-state index contributed by atoms with van der Waals surface area (Å²) in [4.78, 5) is 4.42. The normalized spacial score (nSPS) is 13.9. The molecule has 0 spiro atoms. The summed E-state index contributed by atoms with van der Waals surface area (Å²) in [5.74, 6) is 1.25. The number of nitrogens with one attached hydrogen (secondary N) is 1. The third-order valence-electron chi connectivity index (χ3n) is 3.51. The number of unbranched alkanes of at least 4 members (excludes halogenated alkanes) is 9. The molecule has 0 aromatic heterocycles. The first kappa shape index (κ1) is 18.5. The van der Waals surface area contributed by atoms with Gasteiger partial charge in [0.2, 0.25) is 0 Å². The van der Waals surface area contributed by atoms with E-state index < -0.39 is 0 Å². The van der Waals surface area contributed by atoms with Crippen LogP contribution in [0.3, 0.4) is 0 Å². The van der Waals surface area contributed by atoms with Crippen LogP contribution < -0.4 is 34.9 Å². The molecule has 1 aliphatic heterocycles. The smallest absolute Gasteiger partial charge is 1.00 e. The molecule has 0 fully saturated rings. The molecule has 0 radical (unpaired) electrons. The second kappa shape index (κ2) is 13.9. The third-order valence-corrected chi connectivity index (χ3v) is 3.51. The van der Waals surface area contributed by atoms with Gasteiger partial charge in [-0.2, -0.15) is 0 Å². The fourth-order valence-electron chi connectivity index (χ4n) is 2.39. The predicted octanol–water partition coefficient (Wildman–Crippen LogP) is 1.42. The summed E-state index contributed by atoms with van der Waals surface area (Å²) >= 11 is 0. The molecule has 1 rings (SSSR count). The molecule has 0 aromatic rings. The zero-order chi connectivity index (χ0) is 12.2. The van der Waals surface area contributed by atoms with Gasteiger partial charge in [-0.15, -0.1) is 0 Å². The first-order valence-electron chi connectivity index (χ1n) is 7.70. The van der Waals surface area contributed by atoms with Crippen molar-refractivity contribution in [3.63, 3.8) is 0 Å². The first-order chi connectivity index (χ1) is 8.43. The first-order valence-corrected chi connectivity index (χ1v) is 7.70. The van der Waals surface area contributed by atoms with Crippen LogP contribution in [0.5, 0.6) is 0 Å². The Morgan fingerprint density at radius 2 is 1.50 bits per heavy atom. The van der Waals surface area contributed by atoms with Crippen LogP contribution in [0, 0.1) is 0 Å². The molecule has 0 amide bonds. The molecule has 0 aliphatic carbocycles. The van der Waals surface area contributed by atoms with E-state index in [2.05, 4.69) is 17.2 Å². The average molecular weight is 262 g/mol. The standard InChI is InChI=1S/C15H30N2.Na.H/c1-2-3-4-5-6-7-8-9-10-11-12-15-16-13-14-17-15;;/h2-14H2,1H3,(H,16,17);;/q;+1;-1. The maximum absolute atomic E-state index is 4.42. The van der Waals surface area contributed by atoms with E-state index in [9.17, 15) is 0 Å². The molecular formula is C15H31N2Na.